The molecule has 0 bridgehead atoms. The summed E-state index contributed by atoms with van der Waals surface area (Å²) in [6.07, 6.45) is 0. The van der Waals surface area contributed by atoms with Crippen molar-refractivity contribution in [3.63, 3.8) is 0 Å². The summed E-state index contributed by atoms with van der Waals surface area (Å²) in [5.41, 5.74) is 1.14. The molecule has 0 spiro atoms. The van der Waals surface area contributed by atoms with Gasteiger partial charge in [-0.05, 0) is 38.1 Å². The van der Waals surface area contributed by atoms with Crippen LogP contribution in [0.5, 0.6) is 10.9 Å². The molecule has 2 aromatic rings. The molecule has 2 rings (SSSR count). The van der Waals surface area contributed by atoms with E-state index in [0.29, 0.717) is 33.7 Å². The van der Waals surface area contributed by atoms with Crippen molar-refractivity contribution in [3.8, 4) is 17.0 Å². The van der Waals surface area contributed by atoms with Crippen LogP contribution in [-0.4, -0.2) is 17.6 Å². The van der Waals surface area contributed by atoms with Gasteiger partial charge in [0, 0.05) is 0 Å². The third-order valence-electron chi connectivity index (χ3n) is 2.43. The van der Waals surface area contributed by atoms with Crippen LogP contribution in [0.15, 0.2) is 24.3 Å². The number of nitriles is 1. The van der Waals surface area contributed by atoms with E-state index in [1.54, 1.807) is 38.1 Å². The molecule has 1 aromatic heterocycles. The Kier molecular flexibility index (Phi) is 4.33. The maximum absolute atomic E-state index is 11.7. The van der Waals surface area contributed by atoms with Crippen LogP contribution in [0.2, 0.25) is 0 Å². The number of hydrogen-bond acceptors (Lipinski definition) is 6. The molecule has 0 atom stereocenters. The lowest BCUT2D eigenvalue weighted by molar-refractivity contribution is 0.0531. The maximum atomic E-state index is 11.7. The molecule has 0 saturated carbocycles. The minimum absolute atomic E-state index is 0.321. The summed E-state index contributed by atoms with van der Waals surface area (Å²) in [5.74, 6) is 0.172. The van der Waals surface area contributed by atoms with E-state index in [0.717, 1.165) is 11.3 Å². The second kappa shape index (κ2) is 6.17. The Labute approximate surface area is 120 Å². The molecule has 0 aliphatic carbocycles. The monoisotopic (exact) mass is 288 g/mol. The van der Waals surface area contributed by atoms with Crippen LogP contribution in [0.4, 0.5) is 0 Å². The van der Waals surface area contributed by atoms with Crippen molar-refractivity contribution in [2.45, 2.75) is 13.8 Å². The highest BCUT2D eigenvalue weighted by Crippen LogP contribution is 2.29. The van der Waals surface area contributed by atoms with Gasteiger partial charge >= 0.3 is 5.97 Å². The van der Waals surface area contributed by atoms with E-state index >= 15 is 0 Å². The van der Waals surface area contributed by atoms with Crippen LogP contribution in [0.3, 0.4) is 0 Å². The van der Waals surface area contributed by atoms with E-state index in [-0.39, 0.29) is 0 Å². The zero-order valence-electron chi connectivity index (χ0n) is 11.0. The second-order valence-electron chi connectivity index (χ2n) is 3.85. The topological polar surface area (TPSA) is 72.2 Å². The first-order valence-corrected chi connectivity index (χ1v) is 6.78. The Morgan fingerprint density at radius 1 is 1.40 bits per heavy atom. The smallest absolute Gasteiger partial charge is 0.350 e. The number of thiazole rings is 1. The molecule has 102 valence electrons. The molecule has 6 heteroatoms. The quantitative estimate of drug-likeness (QED) is 0.807. The van der Waals surface area contributed by atoms with Gasteiger partial charge < -0.3 is 9.47 Å². The summed E-state index contributed by atoms with van der Waals surface area (Å²) in [5, 5.41) is 9.09. The minimum atomic E-state index is -0.392. The van der Waals surface area contributed by atoms with Crippen molar-refractivity contribution in [2.24, 2.45) is 0 Å². The highest BCUT2D eigenvalue weighted by molar-refractivity contribution is 7.15. The van der Waals surface area contributed by atoms with Gasteiger partial charge in [0.15, 0.2) is 0 Å². The van der Waals surface area contributed by atoms with Crippen LogP contribution in [0.25, 0.3) is 0 Å². The van der Waals surface area contributed by atoms with Crippen LogP contribution in [0, 0.1) is 18.3 Å². The summed E-state index contributed by atoms with van der Waals surface area (Å²) in [7, 11) is 0. The largest absolute Gasteiger partial charge is 0.462 e. The van der Waals surface area contributed by atoms with Gasteiger partial charge in [-0.2, -0.15) is 5.26 Å². The van der Waals surface area contributed by atoms with Crippen molar-refractivity contribution in [2.75, 3.05) is 6.61 Å². The third kappa shape index (κ3) is 3.13. The van der Waals surface area contributed by atoms with Gasteiger partial charge in [0.1, 0.15) is 10.6 Å². The normalized spacial score (nSPS) is 9.85. The fraction of sp³-hybridized carbons (Fsp3) is 0.214. The fourth-order valence-electron chi connectivity index (χ4n) is 1.50. The molecule has 0 aliphatic rings. The third-order valence-corrected chi connectivity index (χ3v) is 3.44. The van der Waals surface area contributed by atoms with Crippen molar-refractivity contribution < 1.29 is 14.3 Å². The number of carbonyl (C=O) groups excluding carboxylic acids is 1. The lowest BCUT2D eigenvalue weighted by Crippen LogP contribution is -2.03. The van der Waals surface area contributed by atoms with Crippen molar-refractivity contribution in [1.82, 2.24) is 4.98 Å². The molecule has 0 radical (unpaired) electrons. The fourth-order valence-corrected chi connectivity index (χ4v) is 2.33. The number of aryl methyl sites for hydroxylation is 1. The van der Waals surface area contributed by atoms with Gasteiger partial charge in [-0.15, -0.1) is 0 Å². The summed E-state index contributed by atoms with van der Waals surface area (Å²) in [6, 6.07) is 8.70. The summed E-state index contributed by atoms with van der Waals surface area (Å²) in [4.78, 5) is 16.3. The molecule has 0 amide bonds. The Morgan fingerprint density at radius 2 is 2.10 bits per heavy atom. The van der Waals surface area contributed by atoms with Gasteiger partial charge in [-0.3, -0.25) is 0 Å². The molecular weight excluding hydrogens is 276 g/mol. The predicted octanol–water partition coefficient (Wildman–Crippen LogP) is 3.29. The van der Waals surface area contributed by atoms with Crippen molar-refractivity contribution in [1.29, 1.82) is 5.26 Å². The van der Waals surface area contributed by atoms with Crippen LogP contribution in [-0.2, 0) is 4.74 Å². The number of rotatable bonds is 4. The summed E-state index contributed by atoms with van der Waals surface area (Å²) >= 11 is 1.14. The first kappa shape index (κ1) is 14.0. The number of nitrogens with zero attached hydrogens (tertiary/aromatic N) is 2. The summed E-state index contributed by atoms with van der Waals surface area (Å²) in [6.45, 7) is 3.80. The minimum Gasteiger partial charge on any atom is -0.462 e. The molecule has 0 N–H and O–H groups in total. The van der Waals surface area contributed by atoms with Gasteiger partial charge in [-0.1, -0.05) is 11.3 Å². The molecule has 1 heterocycles. The van der Waals surface area contributed by atoms with Gasteiger partial charge in [-0.25, -0.2) is 9.78 Å². The zero-order chi connectivity index (χ0) is 14.5. The number of benzene rings is 1. The lowest BCUT2D eigenvalue weighted by atomic mass is 10.2. The van der Waals surface area contributed by atoms with Crippen LogP contribution >= 0.6 is 11.3 Å². The first-order chi connectivity index (χ1) is 9.63. The lowest BCUT2D eigenvalue weighted by Gasteiger charge is -2.00. The van der Waals surface area contributed by atoms with Gasteiger partial charge in [0.2, 0.25) is 0 Å². The average molecular weight is 288 g/mol. The molecule has 1 aromatic carbocycles. The number of ether oxygens (including phenoxy) is 2. The standard InChI is InChI=1S/C14H12N2O3S/c1-3-18-13(17)12-9(2)16-14(20-12)19-11-6-4-10(8-15)5-7-11/h4-7H,3H2,1-2H3. The molecule has 0 unspecified atom stereocenters. The molecule has 5 nitrogen and oxygen atoms in total. The molecule has 0 fully saturated rings. The van der Waals surface area contributed by atoms with Crippen molar-refractivity contribution in [3.05, 3.63) is 40.4 Å². The average Bonchev–Trinajstić information content (AvgIpc) is 2.81. The summed E-state index contributed by atoms with van der Waals surface area (Å²) < 4.78 is 10.5. The number of hydrogen-bond donors (Lipinski definition) is 0. The van der Waals surface area contributed by atoms with Gasteiger partial charge in [0.25, 0.3) is 5.19 Å². The van der Waals surface area contributed by atoms with Crippen LogP contribution < -0.4 is 4.74 Å². The number of carbonyl (C=O) groups is 1. The molecule has 0 aliphatic heterocycles. The van der Waals surface area contributed by atoms with E-state index in [2.05, 4.69) is 4.98 Å². The number of aromatic nitrogens is 1. The van der Waals surface area contributed by atoms with E-state index in [1.807, 2.05) is 6.07 Å². The van der Waals surface area contributed by atoms with E-state index in [4.69, 9.17) is 14.7 Å². The highest BCUT2D eigenvalue weighted by Gasteiger charge is 2.17. The number of esters is 1. The first-order valence-electron chi connectivity index (χ1n) is 5.96. The Morgan fingerprint density at radius 3 is 2.70 bits per heavy atom. The Bertz CT molecular complexity index is 656. The predicted molar refractivity (Wildman–Crippen MR) is 74.0 cm³/mol. The molecular formula is C14H12N2O3S. The van der Waals surface area contributed by atoms with E-state index in [1.165, 1.54) is 0 Å². The van der Waals surface area contributed by atoms with E-state index in [9.17, 15) is 4.79 Å². The highest BCUT2D eigenvalue weighted by atomic mass is 32.1. The molecule has 0 saturated heterocycles. The second-order valence-corrected chi connectivity index (χ2v) is 4.81. The van der Waals surface area contributed by atoms with Gasteiger partial charge in [0.05, 0.1) is 23.9 Å². The van der Waals surface area contributed by atoms with Crippen molar-refractivity contribution >= 4 is 17.3 Å². The van der Waals surface area contributed by atoms with E-state index < -0.39 is 5.97 Å². The molecule has 20 heavy (non-hydrogen) atoms. The SMILES string of the molecule is CCOC(=O)c1sc(Oc2ccc(C#N)cc2)nc1C. The zero-order valence-corrected chi connectivity index (χ0v) is 11.9. The van der Waals surface area contributed by atoms with Crippen LogP contribution in [0.1, 0.15) is 27.9 Å². The Balaban J connectivity index is 2.15. The maximum Gasteiger partial charge on any atom is 0.350 e. The Hall–Kier alpha value is -2.39.